The van der Waals surface area contributed by atoms with Crippen LogP contribution in [0.25, 0.3) is 0 Å². The molecule has 0 aromatic carbocycles. The Kier molecular flexibility index (Phi) is 3.76. The minimum Gasteiger partial charge on any atom is -0.382 e. The first kappa shape index (κ1) is 12.8. The summed E-state index contributed by atoms with van der Waals surface area (Å²) in [6, 6.07) is 0. The molecule has 98 valence electrons. The van der Waals surface area contributed by atoms with Crippen LogP contribution in [-0.2, 0) is 20.0 Å². The number of hydrogen-bond acceptors (Lipinski definition) is 4. The Hall–Kier alpha value is -1.69. The molecule has 1 N–H and O–H groups in total. The fraction of sp³-hybridized carbons (Fsp3) is 0.583. The largest absolute Gasteiger partial charge is 0.382 e. The van der Waals surface area contributed by atoms with Gasteiger partial charge >= 0.3 is 0 Å². The molecular formula is C12H19N5O. The van der Waals surface area contributed by atoms with Gasteiger partial charge in [-0.2, -0.15) is 5.10 Å². The van der Waals surface area contributed by atoms with E-state index in [9.17, 15) is 5.11 Å². The van der Waals surface area contributed by atoms with Crippen molar-refractivity contribution in [2.24, 2.45) is 7.05 Å². The zero-order valence-corrected chi connectivity index (χ0v) is 11.0. The molecule has 2 heterocycles. The van der Waals surface area contributed by atoms with Crippen molar-refractivity contribution in [3.63, 3.8) is 0 Å². The molecule has 0 aliphatic carbocycles. The number of hydrogen-bond donors (Lipinski definition) is 1. The van der Waals surface area contributed by atoms with E-state index in [0.717, 1.165) is 36.3 Å². The molecule has 1 unspecified atom stereocenters. The normalized spacial score (nSPS) is 12.9. The molecule has 0 radical (unpaired) electrons. The zero-order valence-electron chi connectivity index (χ0n) is 11.0. The van der Waals surface area contributed by atoms with Crippen molar-refractivity contribution in [3.8, 4) is 0 Å². The van der Waals surface area contributed by atoms with Crippen LogP contribution in [0, 0.1) is 0 Å². The standard InChI is InChI=1S/C12H19N5O/c1-4-6-17-11(7-13-15-17)12(18)9-8-16(3)14-10(9)5-2/h7-8,12,18H,4-6H2,1-3H3. The molecule has 0 spiro atoms. The van der Waals surface area contributed by atoms with E-state index >= 15 is 0 Å². The van der Waals surface area contributed by atoms with Crippen molar-refractivity contribution in [2.75, 3.05) is 0 Å². The summed E-state index contributed by atoms with van der Waals surface area (Å²) >= 11 is 0. The lowest BCUT2D eigenvalue weighted by atomic mass is 10.1. The van der Waals surface area contributed by atoms with Crippen molar-refractivity contribution >= 4 is 0 Å². The Bertz CT molecular complexity index is 516. The first-order valence-electron chi connectivity index (χ1n) is 6.26. The fourth-order valence-electron chi connectivity index (χ4n) is 2.08. The molecule has 2 aromatic heterocycles. The smallest absolute Gasteiger partial charge is 0.126 e. The highest BCUT2D eigenvalue weighted by atomic mass is 16.3. The lowest BCUT2D eigenvalue weighted by molar-refractivity contribution is 0.206. The minimum absolute atomic E-state index is 0.713. The molecule has 6 heteroatoms. The van der Waals surface area contributed by atoms with E-state index in [0.29, 0.717) is 0 Å². The second-order valence-electron chi connectivity index (χ2n) is 4.34. The van der Waals surface area contributed by atoms with Crippen LogP contribution < -0.4 is 0 Å². The topological polar surface area (TPSA) is 68.8 Å². The second-order valence-corrected chi connectivity index (χ2v) is 4.34. The van der Waals surface area contributed by atoms with Gasteiger partial charge in [-0.1, -0.05) is 19.1 Å². The summed E-state index contributed by atoms with van der Waals surface area (Å²) in [5, 5.41) is 22.7. The van der Waals surface area contributed by atoms with Gasteiger partial charge in [-0.25, -0.2) is 4.68 Å². The molecule has 2 rings (SSSR count). The molecule has 1 atom stereocenters. The Morgan fingerprint density at radius 1 is 1.39 bits per heavy atom. The Labute approximate surface area is 106 Å². The third-order valence-electron chi connectivity index (χ3n) is 2.93. The van der Waals surface area contributed by atoms with Gasteiger partial charge in [0.15, 0.2) is 0 Å². The van der Waals surface area contributed by atoms with E-state index in [4.69, 9.17) is 0 Å². The van der Waals surface area contributed by atoms with Crippen LogP contribution >= 0.6 is 0 Å². The SMILES string of the molecule is CCCn1nncc1C(O)c1cn(C)nc1CC. The van der Waals surface area contributed by atoms with Gasteiger partial charge in [0.2, 0.25) is 0 Å². The molecule has 0 saturated carbocycles. The van der Waals surface area contributed by atoms with Crippen LogP contribution in [0.1, 0.15) is 43.3 Å². The highest BCUT2D eigenvalue weighted by Crippen LogP contribution is 2.24. The molecule has 0 aliphatic rings. The van der Waals surface area contributed by atoms with E-state index in [1.54, 1.807) is 15.6 Å². The van der Waals surface area contributed by atoms with E-state index < -0.39 is 6.10 Å². The van der Waals surface area contributed by atoms with E-state index in [1.165, 1.54) is 0 Å². The molecule has 2 aromatic rings. The lowest BCUT2D eigenvalue weighted by Crippen LogP contribution is -2.11. The highest BCUT2D eigenvalue weighted by Gasteiger charge is 2.21. The molecule has 0 aliphatic heterocycles. The van der Waals surface area contributed by atoms with Crippen LogP contribution in [0.4, 0.5) is 0 Å². The highest BCUT2D eigenvalue weighted by molar-refractivity contribution is 5.26. The molecule has 0 amide bonds. The zero-order chi connectivity index (χ0) is 13.1. The van der Waals surface area contributed by atoms with Gasteiger partial charge in [0.1, 0.15) is 6.10 Å². The fourth-order valence-corrected chi connectivity index (χ4v) is 2.08. The monoisotopic (exact) mass is 249 g/mol. The van der Waals surface area contributed by atoms with Crippen LogP contribution in [0.2, 0.25) is 0 Å². The minimum atomic E-state index is -0.713. The number of nitrogens with zero attached hydrogens (tertiary/aromatic N) is 5. The average Bonchev–Trinajstić information content (AvgIpc) is 2.95. The number of rotatable bonds is 5. The predicted molar refractivity (Wildman–Crippen MR) is 67.0 cm³/mol. The first-order chi connectivity index (χ1) is 8.67. The van der Waals surface area contributed by atoms with Crippen LogP contribution in [0.3, 0.4) is 0 Å². The van der Waals surface area contributed by atoms with Gasteiger partial charge in [0, 0.05) is 25.4 Å². The maximum Gasteiger partial charge on any atom is 0.126 e. The Morgan fingerprint density at radius 2 is 2.17 bits per heavy atom. The van der Waals surface area contributed by atoms with Gasteiger partial charge in [0.05, 0.1) is 17.6 Å². The van der Waals surface area contributed by atoms with Crippen LogP contribution in [0.5, 0.6) is 0 Å². The summed E-state index contributed by atoms with van der Waals surface area (Å²) in [5.74, 6) is 0. The lowest BCUT2D eigenvalue weighted by Gasteiger charge is -2.11. The van der Waals surface area contributed by atoms with Crippen molar-refractivity contribution in [1.29, 1.82) is 0 Å². The Balaban J connectivity index is 2.34. The predicted octanol–water partition coefficient (Wildman–Crippen LogP) is 1.07. The molecule has 0 fully saturated rings. The molecule has 0 bridgehead atoms. The quantitative estimate of drug-likeness (QED) is 0.860. The van der Waals surface area contributed by atoms with E-state index in [2.05, 4.69) is 22.3 Å². The average molecular weight is 249 g/mol. The maximum atomic E-state index is 10.5. The molecule has 6 nitrogen and oxygen atoms in total. The third kappa shape index (κ3) is 2.28. The van der Waals surface area contributed by atoms with Gasteiger partial charge in [-0.3, -0.25) is 4.68 Å². The summed E-state index contributed by atoms with van der Waals surface area (Å²) in [6.07, 6.45) is 4.51. The van der Waals surface area contributed by atoms with Crippen molar-refractivity contribution < 1.29 is 5.11 Å². The van der Waals surface area contributed by atoms with Gasteiger partial charge in [0.25, 0.3) is 0 Å². The van der Waals surface area contributed by atoms with Gasteiger partial charge in [-0.05, 0) is 12.8 Å². The number of aryl methyl sites for hydroxylation is 3. The van der Waals surface area contributed by atoms with Gasteiger partial charge < -0.3 is 5.11 Å². The summed E-state index contributed by atoms with van der Waals surface area (Å²) in [7, 11) is 1.86. The van der Waals surface area contributed by atoms with E-state index in [-0.39, 0.29) is 0 Å². The Morgan fingerprint density at radius 3 is 2.83 bits per heavy atom. The van der Waals surface area contributed by atoms with Gasteiger partial charge in [-0.15, -0.1) is 5.10 Å². The number of aliphatic hydroxyl groups is 1. The molecule has 0 saturated heterocycles. The summed E-state index contributed by atoms with van der Waals surface area (Å²) in [5.41, 5.74) is 2.47. The van der Waals surface area contributed by atoms with Crippen molar-refractivity contribution in [2.45, 2.75) is 39.3 Å². The summed E-state index contributed by atoms with van der Waals surface area (Å²) in [6.45, 7) is 4.85. The first-order valence-corrected chi connectivity index (χ1v) is 6.26. The number of aromatic nitrogens is 5. The summed E-state index contributed by atoms with van der Waals surface area (Å²) in [4.78, 5) is 0. The second kappa shape index (κ2) is 5.30. The third-order valence-corrected chi connectivity index (χ3v) is 2.93. The summed E-state index contributed by atoms with van der Waals surface area (Å²) < 4.78 is 3.47. The van der Waals surface area contributed by atoms with Crippen molar-refractivity contribution in [1.82, 2.24) is 24.8 Å². The molecular weight excluding hydrogens is 230 g/mol. The van der Waals surface area contributed by atoms with Crippen LogP contribution in [-0.4, -0.2) is 29.9 Å². The van der Waals surface area contributed by atoms with Crippen molar-refractivity contribution in [3.05, 3.63) is 29.3 Å². The maximum absolute atomic E-state index is 10.5. The number of aliphatic hydroxyl groups excluding tert-OH is 1. The van der Waals surface area contributed by atoms with Crippen LogP contribution in [0.15, 0.2) is 12.4 Å². The van der Waals surface area contributed by atoms with E-state index in [1.807, 2.05) is 20.2 Å². The molecule has 18 heavy (non-hydrogen) atoms.